The van der Waals surface area contributed by atoms with Gasteiger partial charge in [0, 0.05) is 9.13 Å². The van der Waals surface area contributed by atoms with E-state index < -0.39 is 11.9 Å². The number of ether oxygens (including phenoxy) is 4. The average molecular weight is 556 g/mol. The van der Waals surface area contributed by atoms with E-state index in [2.05, 4.69) is 27.6 Å². The molecule has 31 heavy (non-hydrogen) atoms. The van der Waals surface area contributed by atoms with Crippen LogP contribution < -0.4 is 9.47 Å². The van der Waals surface area contributed by atoms with Crippen LogP contribution in [0.15, 0.2) is 41.0 Å². The number of hydrogen-bond acceptors (Lipinski definition) is 7. The van der Waals surface area contributed by atoms with Gasteiger partial charge < -0.3 is 18.9 Å². The second-order valence-electron chi connectivity index (χ2n) is 6.43. The number of rotatable bonds is 7. The second-order valence-corrected chi connectivity index (χ2v) is 8.00. The van der Waals surface area contributed by atoms with E-state index in [4.69, 9.17) is 30.5 Å². The Morgan fingerprint density at radius 3 is 2.74 bits per heavy atom. The number of halogens is 2. The number of nitrogens with zero attached hydrogens (tertiary/aromatic N) is 1. The summed E-state index contributed by atoms with van der Waals surface area (Å²) in [7, 11) is 1.44. The van der Waals surface area contributed by atoms with Gasteiger partial charge in [0.25, 0.3) is 0 Å². The molecule has 0 bridgehead atoms. The fourth-order valence-corrected chi connectivity index (χ4v) is 3.37. The van der Waals surface area contributed by atoms with Crippen LogP contribution >= 0.6 is 34.2 Å². The lowest BCUT2D eigenvalue weighted by Crippen LogP contribution is -2.15. The maximum absolute atomic E-state index is 12.3. The van der Waals surface area contributed by atoms with E-state index >= 15 is 0 Å². The van der Waals surface area contributed by atoms with Crippen molar-refractivity contribution < 1.29 is 28.5 Å². The van der Waals surface area contributed by atoms with E-state index in [1.54, 1.807) is 25.1 Å². The normalized spacial score (nSPS) is 14.3. The number of cyclic esters (lactones) is 1. The molecule has 0 N–H and O–H groups in total. The number of benzene rings is 2. The highest BCUT2D eigenvalue weighted by Gasteiger charge is 2.25. The molecule has 9 heteroatoms. The van der Waals surface area contributed by atoms with Crippen molar-refractivity contribution in [2.45, 2.75) is 13.8 Å². The minimum atomic E-state index is -0.566. The molecule has 0 saturated heterocycles. The molecule has 0 saturated carbocycles. The van der Waals surface area contributed by atoms with Crippen molar-refractivity contribution in [3.05, 3.63) is 61.3 Å². The van der Waals surface area contributed by atoms with Gasteiger partial charge in [-0.15, -0.1) is 0 Å². The van der Waals surface area contributed by atoms with Gasteiger partial charge in [-0.2, -0.15) is 0 Å². The molecule has 3 rings (SSSR count). The zero-order chi connectivity index (χ0) is 22.5. The van der Waals surface area contributed by atoms with Crippen molar-refractivity contribution in [3.63, 3.8) is 0 Å². The number of methoxy groups -OCH3 is 1. The number of carbonyl (C=O) groups excluding carboxylic acids is 2. The van der Waals surface area contributed by atoms with Crippen LogP contribution in [-0.4, -0.2) is 38.2 Å². The largest absolute Gasteiger partial charge is 0.493 e. The lowest BCUT2D eigenvalue weighted by molar-refractivity contribution is -0.145. The van der Waals surface area contributed by atoms with Crippen LogP contribution in [0.25, 0.3) is 6.08 Å². The van der Waals surface area contributed by atoms with Gasteiger partial charge >= 0.3 is 11.9 Å². The van der Waals surface area contributed by atoms with Crippen LogP contribution in [0.5, 0.6) is 11.5 Å². The zero-order valence-corrected chi connectivity index (χ0v) is 19.9. The first-order valence-electron chi connectivity index (χ1n) is 9.27. The molecule has 1 aliphatic heterocycles. The number of aliphatic imine (C=N–C) groups is 1. The van der Waals surface area contributed by atoms with Gasteiger partial charge in [-0.3, -0.25) is 0 Å². The Morgan fingerprint density at radius 2 is 2.06 bits per heavy atom. The Balaban J connectivity index is 1.87. The summed E-state index contributed by atoms with van der Waals surface area (Å²) in [6, 6.07) is 8.89. The van der Waals surface area contributed by atoms with Crippen LogP contribution in [0, 0.1) is 10.5 Å². The summed E-state index contributed by atoms with van der Waals surface area (Å²) in [5, 5.41) is 0.208. The van der Waals surface area contributed by atoms with Crippen LogP contribution in [-0.2, 0) is 19.1 Å². The maximum atomic E-state index is 12.3. The van der Waals surface area contributed by atoms with Crippen molar-refractivity contribution in [2.24, 2.45) is 4.99 Å². The monoisotopic (exact) mass is 555 g/mol. The zero-order valence-electron chi connectivity index (χ0n) is 17.0. The quantitative estimate of drug-likeness (QED) is 0.283. The van der Waals surface area contributed by atoms with Crippen LogP contribution in [0.4, 0.5) is 0 Å². The summed E-state index contributed by atoms with van der Waals surface area (Å²) in [4.78, 5) is 28.2. The molecule has 0 spiro atoms. The van der Waals surface area contributed by atoms with Crippen molar-refractivity contribution in [3.8, 4) is 11.5 Å². The highest BCUT2D eigenvalue weighted by molar-refractivity contribution is 14.1. The molecular weight excluding hydrogens is 537 g/mol. The molecule has 2 aromatic rings. The van der Waals surface area contributed by atoms with Crippen LogP contribution in [0.1, 0.15) is 23.6 Å². The highest BCUT2D eigenvalue weighted by atomic mass is 127. The number of carbonyl (C=O) groups is 2. The minimum Gasteiger partial charge on any atom is -0.493 e. The Morgan fingerprint density at radius 1 is 1.29 bits per heavy atom. The summed E-state index contributed by atoms with van der Waals surface area (Å²) >= 11 is 8.55. The Labute approximate surface area is 198 Å². The van der Waals surface area contributed by atoms with E-state index in [1.165, 1.54) is 7.11 Å². The molecule has 0 unspecified atom stereocenters. The van der Waals surface area contributed by atoms with Crippen molar-refractivity contribution in [2.75, 3.05) is 20.3 Å². The summed E-state index contributed by atoms with van der Waals surface area (Å²) in [6.07, 6.45) is 1.54. The molecule has 7 nitrogen and oxygen atoms in total. The van der Waals surface area contributed by atoms with E-state index in [-0.39, 0.29) is 35.6 Å². The first-order chi connectivity index (χ1) is 14.8. The third kappa shape index (κ3) is 5.56. The number of hydrogen-bond donors (Lipinski definition) is 0. The van der Waals surface area contributed by atoms with Gasteiger partial charge in [0.2, 0.25) is 5.90 Å². The first-order valence-corrected chi connectivity index (χ1v) is 10.7. The molecule has 0 fully saturated rings. The fourth-order valence-electron chi connectivity index (χ4n) is 2.77. The molecule has 2 aromatic carbocycles. The molecule has 0 aromatic heterocycles. The lowest BCUT2D eigenvalue weighted by Gasteiger charge is -2.12. The molecular formula is C22H19ClINO6. The van der Waals surface area contributed by atoms with Gasteiger partial charge in [0.1, 0.15) is 0 Å². The Hall–Kier alpha value is -2.59. The molecule has 0 aliphatic carbocycles. The van der Waals surface area contributed by atoms with Gasteiger partial charge in [0.15, 0.2) is 23.8 Å². The van der Waals surface area contributed by atoms with Crippen LogP contribution in [0.2, 0.25) is 5.02 Å². The molecule has 1 heterocycles. The lowest BCUT2D eigenvalue weighted by atomic mass is 10.1. The van der Waals surface area contributed by atoms with Gasteiger partial charge in [-0.25, -0.2) is 14.6 Å². The summed E-state index contributed by atoms with van der Waals surface area (Å²) in [5.41, 5.74) is 2.46. The maximum Gasteiger partial charge on any atom is 0.363 e. The molecule has 1 aliphatic rings. The third-order valence-electron chi connectivity index (χ3n) is 4.22. The van der Waals surface area contributed by atoms with E-state index in [0.717, 1.165) is 9.13 Å². The van der Waals surface area contributed by atoms with Crippen molar-refractivity contribution >= 4 is 58.1 Å². The molecule has 0 radical (unpaired) electrons. The summed E-state index contributed by atoms with van der Waals surface area (Å²) < 4.78 is 22.0. The topological polar surface area (TPSA) is 83.4 Å². The molecule has 162 valence electrons. The van der Waals surface area contributed by atoms with Gasteiger partial charge in [0.05, 0.1) is 18.7 Å². The van der Waals surface area contributed by atoms with E-state index in [9.17, 15) is 9.59 Å². The average Bonchev–Trinajstić information content (AvgIpc) is 3.09. The molecule has 0 atom stereocenters. The predicted octanol–water partition coefficient (Wildman–Crippen LogP) is 4.55. The molecule has 0 amide bonds. The summed E-state index contributed by atoms with van der Waals surface area (Å²) in [5.74, 6) is -0.347. The van der Waals surface area contributed by atoms with E-state index in [1.807, 2.05) is 25.1 Å². The van der Waals surface area contributed by atoms with Gasteiger partial charge in [-0.05, 0) is 84.0 Å². The Kier molecular flexibility index (Phi) is 7.55. The minimum absolute atomic E-state index is 0.129. The van der Waals surface area contributed by atoms with Crippen LogP contribution in [0.3, 0.4) is 0 Å². The van der Waals surface area contributed by atoms with Crippen molar-refractivity contribution in [1.29, 1.82) is 0 Å². The van der Waals surface area contributed by atoms with E-state index in [0.29, 0.717) is 16.9 Å². The van der Waals surface area contributed by atoms with Crippen molar-refractivity contribution in [1.82, 2.24) is 0 Å². The number of esters is 2. The third-order valence-corrected chi connectivity index (χ3v) is 5.71. The smallest absolute Gasteiger partial charge is 0.363 e. The predicted molar refractivity (Wildman–Crippen MR) is 125 cm³/mol. The second kappa shape index (κ2) is 10.1. The number of aryl methyl sites for hydroxylation is 1. The standard InChI is InChI=1S/C22H19ClINO6/c1-4-29-19(26)11-30-20-15(23)8-13(10-18(20)28-3)9-17-22(27)31-21(25-17)14-5-6-16(24)12(2)7-14/h5-10H,4,11H2,1-3H3/b17-9-. The fraction of sp³-hybridized carbons (Fsp3) is 0.227. The SMILES string of the molecule is CCOC(=O)COc1c(Cl)cc(/C=C2\N=C(c3ccc(I)c(C)c3)OC2=O)cc1OC. The Bertz CT molecular complexity index is 1100. The summed E-state index contributed by atoms with van der Waals surface area (Å²) in [6.45, 7) is 3.62. The first kappa shape index (κ1) is 23.1. The van der Waals surface area contributed by atoms with Gasteiger partial charge in [-0.1, -0.05) is 11.6 Å². The highest BCUT2D eigenvalue weighted by Crippen LogP contribution is 2.37.